The summed E-state index contributed by atoms with van der Waals surface area (Å²) in [5.74, 6) is 1.50. The van der Waals surface area contributed by atoms with Gasteiger partial charge in [-0.05, 0) is 30.7 Å². The van der Waals surface area contributed by atoms with E-state index in [-0.39, 0.29) is 0 Å². The highest BCUT2D eigenvalue weighted by molar-refractivity contribution is 5.54. The van der Waals surface area contributed by atoms with E-state index in [9.17, 15) is 0 Å². The number of rotatable bonds is 3. The Bertz CT molecular complexity index is 432. The van der Waals surface area contributed by atoms with Gasteiger partial charge in [0.2, 0.25) is 5.89 Å². The molecule has 0 radical (unpaired) electrons. The Morgan fingerprint density at radius 2 is 1.82 bits per heavy atom. The van der Waals surface area contributed by atoms with Gasteiger partial charge in [0.05, 0.1) is 12.8 Å². The fourth-order valence-corrected chi connectivity index (χ4v) is 1.34. The molecule has 0 N–H and O–H groups in total. The summed E-state index contributed by atoms with van der Waals surface area (Å²) in [6, 6.07) is 7.66. The van der Waals surface area contributed by atoms with Crippen molar-refractivity contribution in [1.82, 2.24) is 4.98 Å². The van der Waals surface area contributed by atoms with Crippen molar-refractivity contribution in [1.29, 1.82) is 0 Å². The first kappa shape index (κ1) is 13.3. The van der Waals surface area contributed by atoms with Gasteiger partial charge in [-0.25, -0.2) is 4.98 Å². The summed E-state index contributed by atoms with van der Waals surface area (Å²) in [5, 5.41) is 0. The second-order valence-corrected chi connectivity index (χ2v) is 3.23. The van der Waals surface area contributed by atoms with Crippen LogP contribution in [0.1, 0.15) is 26.5 Å². The Morgan fingerprint density at radius 1 is 1.18 bits per heavy atom. The maximum Gasteiger partial charge on any atom is 0.226 e. The van der Waals surface area contributed by atoms with Crippen LogP contribution in [-0.2, 0) is 6.42 Å². The number of oxazole rings is 1. The molecule has 17 heavy (non-hydrogen) atoms. The zero-order valence-corrected chi connectivity index (χ0v) is 10.9. The minimum Gasteiger partial charge on any atom is -0.497 e. The normalized spacial score (nSPS) is 9.41. The highest BCUT2D eigenvalue weighted by atomic mass is 16.5. The standard InChI is InChI=1S/C12H13NO2.C2H6/c1-3-10-8-15-12(13-10)9-4-6-11(14-2)7-5-9;1-2/h4-8H,3H2,1-2H3;1-2H3. The van der Waals surface area contributed by atoms with E-state index in [1.54, 1.807) is 13.4 Å². The minimum atomic E-state index is 0.662. The van der Waals surface area contributed by atoms with Crippen LogP contribution in [0.2, 0.25) is 0 Å². The molecule has 0 aliphatic rings. The van der Waals surface area contributed by atoms with Crippen LogP contribution in [0.25, 0.3) is 11.5 Å². The van der Waals surface area contributed by atoms with E-state index in [1.807, 2.05) is 38.1 Å². The van der Waals surface area contributed by atoms with E-state index in [1.165, 1.54) is 0 Å². The maximum absolute atomic E-state index is 5.36. The van der Waals surface area contributed by atoms with Crippen LogP contribution in [-0.4, -0.2) is 12.1 Å². The van der Waals surface area contributed by atoms with Crippen molar-refractivity contribution in [2.75, 3.05) is 7.11 Å². The second-order valence-electron chi connectivity index (χ2n) is 3.23. The summed E-state index contributed by atoms with van der Waals surface area (Å²) < 4.78 is 10.4. The lowest BCUT2D eigenvalue weighted by Crippen LogP contribution is -1.83. The lowest BCUT2D eigenvalue weighted by Gasteiger charge is -1.99. The zero-order chi connectivity index (χ0) is 12.7. The molecule has 0 atom stereocenters. The Kier molecular flexibility index (Phi) is 5.27. The molecule has 0 saturated carbocycles. The summed E-state index contributed by atoms with van der Waals surface area (Å²) in [5.41, 5.74) is 1.94. The molecule has 0 saturated heterocycles. The summed E-state index contributed by atoms with van der Waals surface area (Å²) in [6.45, 7) is 6.05. The highest BCUT2D eigenvalue weighted by Crippen LogP contribution is 2.21. The molecule has 0 spiro atoms. The summed E-state index contributed by atoms with van der Waals surface area (Å²) in [6.07, 6.45) is 2.58. The van der Waals surface area contributed by atoms with Crippen molar-refractivity contribution in [2.45, 2.75) is 27.2 Å². The largest absolute Gasteiger partial charge is 0.497 e. The number of aryl methyl sites for hydroxylation is 1. The third-order valence-corrected chi connectivity index (χ3v) is 2.25. The molecule has 0 fully saturated rings. The molecule has 0 amide bonds. The summed E-state index contributed by atoms with van der Waals surface area (Å²) in [7, 11) is 1.65. The van der Waals surface area contributed by atoms with Gasteiger partial charge < -0.3 is 9.15 Å². The van der Waals surface area contributed by atoms with Gasteiger partial charge >= 0.3 is 0 Å². The van der Waals surface area contributed by atoms with Gasteiger partial charge in [0.25, 0.3) is 0 Å². The zero-order valence-electron chi connectivity index (χ0n) is 10.9. The fraction of sp³-hybridized carbons (Fsp3) is 0.357. The van der Waals surface area contributed by atoms with Gasteiger partial charge in [-0.1, -0.05) is 20.8 Å². The molecule has 3 heteroatoms. The summed E-state index contributed by atoms with van der Waals surface area (Å²) >= 11 is 0. The minimum absolute atomic E-state index is 0.662. The first-order chi connectivity index (χ1) is 8.33. The molecule has 0 bridgehead atoms. The SMILES string of the molecule is CC.CCc1coc(-c2ccc(OC)cc2)n1. The Balaban J connectivity index is 0.000000686. The van der Waals surface area contributed by atoms with Gasteiger partial charge in [-0.15, -0.1) is 0 Å². The molecule has 0 aliphatic heterocycles. The van der Waals surface area contributed by atoms with Crippen LogP contribution in [0.4, 0.5) is 0 Å². The molecule has 3 nitrogen and oxygen atoms in total. The molecule has 2 aromatic rings. The van der Waals surface area contributed by atoms with Crippen LogP contribution in [0.15, 0.2) is 34.9 Å². The lowest BCUT2D eigenvalue weighted by molar-refractivity contribution is 0.415. The molecule has 92 valence electrons. The second kappa shape index (κ2) is 6.74. The third kappa shape index (κ3) is 3.34. The molecule has 1 aromatic carbocycles. The van der Waals surface area contributed by atoms with Crippen molar-refractivity contribution >= 4 is 0 Å². The quantitative estimate of drug-likeness (QED) is 0.805. The van der Waals surface area contributed by atoms with E-state index >= 15 is 0 Å². The number of aromatic nitrogens is 1. The first-order valence-corrected chi connectivity index (χ1v) is 5.92. The molecule has 0 aliphatic carbocycles. The molecule has 0 unspecified atom stereocenters. The van der Waals surface area contributed by atoms with E-state index in [4.69, 9.17) is 9.15 Å². The number of hydrogen-bond donors (Lipinski definition) is 0. The predicted molar refractivity (Wildman–Crippen MR) is 69.2 cm³/mol. The highest BCUT2D eigenvalue weighted by Gasteiger charge is 2.05. The van der Waals surface area contributed by atoms with Crippen LogP contribution < -0.4 is 4.74 Å². The van der Waals surface area contributed by atoms with Crippen LogP contribution in [0.3, 0.4) is 0 Å². The van der Waals surface area contributed by atoms with E-state index in [0.717, 1.165) is 23.4 Å². The fourth-order valence-electron chi connectivity index (χ4n) is 1.34. The topological polar surface area (TPSA) is 35.3 Å². The Hall–Kier alpha value is -1.77. The van der Waals surface area contributed by atoms with Crippen LogP contribution >= 0.6 is 0 Å². The van der Waals surface area contributed by atoms with Crippen molar-refractivity contribution in [3.05, 3.63) is 36.2 Å². The smallest absolute Gasteiger partial charge is 0.226 e. The number of hydrogen-bond acceptors (Lipinski definition) is 3. The molecule has 1 heterocycles. The van der Waals surface area contributed by atoms with Gasteiger partial charge in [0, 0.05) is 5.56 Å². The average molecular weight is 233 g/mol. The number of nitrogens with zero attached hydrogens (tertiary/aromatic N) is 1. The van der Waals surface area contributed by atoms with Crippen molar-refractivity contribution in [2.24, 2.45) is 0 Å². The molecule has 2 rings (SSSR count). The van der Waals surface area contributed by atoms with E-state index in [2.05, 4.69) is 11.9 Å². The van der Waals surface area contributed by atoms with Crippen molar-refractivity contribution < 1.29 is 9.15 Å². The molecular formula is C14H19NO2. The van der Waals surface area contributed by atoms with Crippen LogP contribution in [0, 0.1) is 0 Å². The average Bonchev–Trinajstić information content (AvgIpc) is 2.90. The Labute approximate surface area is 102 Å². The number of benzene rings is 1. The number of methoxy groups -OCH3 is 1. The predicted octanol–water partition coefficient (Wildman–Crippen LogP) is 3.94. The van der Waals surface area contributed by atoms with Gasteiger partial charge in [0.15, 0.2) is 0 Å². The van der Waals surface area contributed by atoms with Crippen LogP contribution in [0.5, 0.6) is 5.75 Å². The Morgan fingerprint density at radius 3 is 2.29 bits per heavy atom. The van der Waals surface area contributed by atoms with Gasteiger partial charge in [-0.2, -0.15) is 0 Å². The van der Waals surface area contributed by atoms with Crippen molar-refractivity contribution in [3.8, 4) is 17.2 Å². The van der Waals surface area contributed by atoms with Gasteiger partial charge in [0.1, 0.15) is 12.0 Å². The summed E-state index contributed by atoms with van der Waals surface area (Å²) in [4.78, 5) is 4.35. The maximum atomic E-state index is 5.36. The number of ether oxygens (including phenoxy) is 1. The molecule has 1 aromatic heterocycles. The van der Waals surface area contributed by atoms with Crippen molar-refractivity contribution in [3.63, 3.8) is 0 Å². The van der Waals surface area contributed by atoms with E-state index < -0.39 is 0 Å². The monoisotopic (exact) mass is 233 g/mol. The molecular weight excluding hydrogens is 214 g/mol. The van der Waals surface area contributed by atoms with Gasteiger partial charge in [-0.3, -0.25) is 0 Å². The first-order valence-electron chi connectivity index (χ1n) is 5.92. The third-order valence-electron chi connectivity index (χ3n) is 2.25. The lowest BCUT2D eigenvalue weighted by atomic mass is 10.2. The van der Waals surface area contributed by atoms with E-state index in [0.29, 0.717) is 5.89 Å².